The average Bonchev–Trinajstić information content (AvgIpc) is 1.88. The van der Waals surface area contributed by atoms with Crippen molar-refractivity contribution in [1.29, 1.82) is 0 Å². The number of rotatable bonds is 1. The molecule has 1 aliphatic rings. The normalized spacial score (nSPS) is 33.8. The lowest BCUT2D eigenvalue weighted by molar-refractivity contribution is -0.113. The van der Waals surface area contributed by atoms with Crippen LogP contribution < -0.4 is 5.32 Å². The Bertz CT molecular complexity index is 140. The van der Waals surface area contributed by atoms with Crippen LogP contribution in [-0.4, -0.2) is 23.2 Å². The minimum Gasteiger partial charge on any atom is -0.306 e. The number of nitrogens with one attached hydrogen (secondary N) is 1. The Kier molecular flexibility index (Phi) is 2.96. The van der Waals surface area contributed by atoms with Crippen LogP contribution in [0.2, 0.25) is 0 Å². The summed E-state index contributed by atoms with van der Waals surface area (Å²) in [5.74, 6) is 0. The molecule has 4 heteroatoms. The Morgan fingerprint density at radius 1 is 1.60 bits per heavy atom. The van der Waals surface area contributed by atoms with E-state index in [1.807, 2.05) is 0 Å². The van der Waals surface area contributed by atoms with E-state index in [0.29, 0.717) is 6.42 Å². The second kappa shape index (κ2) is 3.56. The van der Waals surface area contributed by atoms with E-state index in [2.05, 4.69) is 5.32 Å². The zero-order valence-corrected chi connectivity index (χ0v) is 6.95. The Labute approximate surface area is 69.9 Å². The van der Waals surface area contributed by atoms with Crippen LogP contribution in [0.4, 0.5) is 0 Å². The van der Waals surface area contributed by atoms with Crippen molar-refractivity contribution in [2.75, 3.05) is 6.54 Å². The quantitative estimate of drug-likeness (QED) is 0.486. The summed E-state index contributed by atoms with van der Waals surface area (Å²) in [5, 5.41) is 2.76. The van der Waals surface area contributed by atoms with Crippen LogP contribution in [-0.2, 0) is 4.79 Å². The number of hydrogen-bond acceptors (Lipinski definition) is 2. The lowest BCUT2D eigenvalue weighted by Gasteiger charge is -2.23. The first-order valence-corrected chi connectivity index (χ1v) is 4.08. The molecule has 2 atom stereocenters. The second-order valence-electron chi connectivity index (χ2n) is 2.43. The third-order valence-corrected chi connectivity index (χ3v) is 2.27. The summed E-state index contributed by atoms with van der Waals surface area (Å²) in [4.78, 5) is 10.6. The topological polar surface area (TPSA) is 29.1 Å². The third-order valence-electron chi connectivity index (χ3n) is 1.61. The van der Waals surface area contributed by atoms with Gasteiger partial charge >= 0.3 is 0 Å². The van der Waals surface area contributed by atoms with Gasteiger partial charge in [-0.05, 0) is 31.0 Å². The van der Waals surface area contributed by atoms with E-state index in [1.165, 1.54) is 0 Å². The smallest absolute Gasteiger partial charge is 0.238 e. The second-order valence-corrected chi connectivity index (χ2v) is 3.42. The number of carbonyl (C=O) groups is 1. The number of alkyl halides is 1. The van der Waals surface area contributed by atoms with E-state index in [-0.39, 0.29) is 16.7 Å². The van der Waals surface area contributed by atoms with E-state index in [0.717, 1.165) is 13.0 Å². The molecule has 1 fully saturated rings. The highest BCUT2D eigenvalue weighted by Crippen LogP contribution is 2.15. The number of carbonyl (C=O) groups excluding carboxylic acids is 1. The lowest BCUT2D eigenvalue weighted by Crippen LogP contribution is -2.42. The molecule has 0 aromatic carbocycles. The molecule has 0 saturated carbocycles. The van der Waals surface area contributed by atoms with Crippen molar-refractivity contribution in [3.05, 3.63) is 0 Å². The fraction of sp³-hybridized carbons (Fsp3) is 0.833. The van der Waals surface area contributed by atoms with Crippen LogP contribution in [0.3, 0.4) is 0 Å². The van der Waals surface area contributed by atoms with E-state index < -0.39 is 0 Å². The van der Waals surface area contributed by atoms with Crippen molar-refractivity contribution in [1.82, 2.24) is 5.32 Å². The molecule has 0 radical (unpaired) electrons. The monoisotopic (exact) mass is 181 g/mol. The molecule has 10 heavy (non-hydrogen) atoms. The predicted molar refractivity (Wildman–Crippen MR) is 41.5 cm³/mol. The van der Waals surface area contributed by atoms with Crippen LogP contribution in [0.1, 0.15) is 12.8 Å². The summed E-state index contributed by atoms with van der Waals surface area (Å²) in [6, 6.07) is -0.224. The first-order chi connectivity index (χ1) is 4.70. The van der Waals surface area contributed by atoms with Gasteiger partial charge in [0.1, 0.15) is 0 Å². The van der Waals surface area contributed by atoms with E-state index in [9.17, 15) is 4.79 Å². The molecule has 1 N–H and O–H groups in total. The molecular formula is C6H9Cl2NO. The average molecular weight is 182 g/mol. The number of hydrogen-bond donors (Lipinski definition) is 1. The number of piperidine rings is 1. The maximum Gasteiger partial charge on any atom is 0.238 e. The Hall–Kier alpha value is 0.210. The zero-order valence-electron chi connectivity index (χ0n) is 5.44. The third kappa shape index (κ3) is 2.11. The molecule has 0 aromatic rings. The van der Waals surface area contributed by atoms with Crippen molar-refractivity contribution in [2.24, 2.45) is 0 Å². The molecule has 0 bridgehead atoms. The van der Waals surface area contributed by atoms with E-state index in [1.54, 1.807) is 0 Å². The molecule has 0 amide bonds. The SMILES string of the molecule is O=C(Cl)C1CC(Cl)CCN1. The summed E-state index contributed by atoms with van der Waals surface area (Å²) in [6.07, 6.45) is 1.58. The van der Waals surface area contributed by atoms with Crippen molar-refractivity contribution in [2.45, 2.75) is 24.3 Å². The van der Waals surface area contributed by atoms with Crippen LogP contribution >= 0.6 is 23.2 Å². The van der Waals surface area contributed by atoms with Crippen LogP contribution in [0.25, 0.3) is 0 Å². The molecule has 1 aliphatic heterocycles. The molecule has 2 nitrogen and oxygen atoms in total. The van der Waals surface area contributed by atoms with Gasteiger partial charge in [0, 0.05) is 5.38 Å². The molecule has 58 valence electrons. The van der Waals surface area contributed by atoms with Crippen LogP contribution in [0.5, 0.6) is 0 Å². The van der Waals surface area contributed by atoms with Crippen molar-refractivity contribution in [3.8, 4) is 0 Å². The van der Waals surface area contributed by atoms with Crippen molar-refractivity contribution < 1.29 is 4.79 Å². The van der Waals surface area contributed by atoms with E-state index in [4.69, 9.17) is 23.2 Å². The molecule has 1 rings (SSSR count). The summed E-state index contributed by atoms with van der Waals surface area (Å²) >= 11 is 11.1. The highest BCUT2D eigenvalue weighted by atomic mass is 35.5. The minimum atomic E-state index is -0.328. The predicted octanol–water partition coefficient (Wildman–Crippen LogP) is 1.11. The summed E-state index contributed by atoms with van der Waals surface area (Å²) in [5.41, 5.74) is 0. The number of halogens is 2. The van der Waals surface area contributed by atoms with Gasteiger partial charge in [0.15, 0.2) is 0 Å². The summed E-state index contributed by atoms with van der Waals surface area (Å²) in [7, 11) is 0. The van der Waals surface area contributed by atoms with Gasteiger partial charge in [-0.2, -0.15) is 0 Å². The molecule has 1 saturated heterocycles. The van der Waals surface area contributed by atoms with Gasteiger partial charge in [0.2, 0.25) is 5.24 Å². The molecule has 1 heterocycles. The largest absolute Gasteiger partial charge is 0.306 e. The fourth-order valence-corrected chi connectivity index (χ4v) is 1.50. The zero-order chi connectivity index (χ0) is 7.56. The standard InChI is InChI=1S/C6H9Cl2NO/c7-4-1-2-9-5(3-4)6(8)10/h4-5,9H,1-3H2. The van der Waals surface area contributed by atoms with Crippen molar-refractivity contribution in [3.63, 3.8) is 0 Å². The maximum absolute atomic E-state index is 10.6. The first kappa shape index (κ1) is 8.31. The Balaban J connectivity index is 2.39. The van der Waals surface area contributed by atoms with Gasteiger partial charge in [-0.15, -0.1) is 11.6 Å². The minimum absolute atomic E-state index is 0.106. The summed E-state index contributed by atoms with van der Waals surface area (Å²) < 4.78 is 0. The maximum atomic E-state index is 10.6. The van der Waals surface area contributed by atoms with Gasteiger partial charge in [-0.1, -0.05) is 0 Å². The van der Waals surface area contributed by atoms with Gasteiger partial charge < -0.3 is 5.32 Å². The van der Waals surface area contributed by atoms with Gasteiger partial charge in [-0.25, -0.2) is 0 Å². The molecule has 0 aliphatic carbocycles. The lowest BCUT2D eigenvalue weighted by atomic mass is 10.1. The van der Waals surface area contributed by atoms with Gasteiger partial charge in [-0.3, -0.25) is 4.79 Å². The molecular weight excluding hydrogens is 173 g/mol. The highest BCUT2D eigenvalue weighted by Gasteiger charge is 2.23. The fourth-order valence-electron chi connectivity index (χ4n) is 1.04. The first-order valence-electron chi connectivity index (χ1n) is 3.27. The summed E-state index contributed by atoms with van der Waals surface area (Å²) in [6.45, 7) is 0.789. The van der Waals surface area contributed by atoms with E-state index >= 15 is 0 Å². The van der Waals surface area contributed by atoms with Crippen molar-refractivity contribution >= 4 is 28.4 Å². The highest BCUT2D eigenvalue weighted by molar-refractivity contribution is 6.64. The molecule has 0 aromatic heterocycles. The molecule has 0 spiro atoms. The van der Waals surface area contributed by atoms with Gasteiger partial charge in [0.25, 0.3) is 0 Å². The van der Waals surface area contributed by atoms with Crippen LogP contribution in [0.15, 0.2) is 0 Å². The van der Waals surface area contributed by atoms with Crippen LogP contribution in [0, 0.1) is 0 Å². The van der Waals surface area contributed by atoms with Gasteiger partial charge in [0.05, 0.1) is 6.04 Å². The molecule has 2 unspecified atom stereocenters. The Morgan fingerprint density at radius 3 is 2.70 bits per heavy atom. The Morgan fingerprint density at radius 2 is 2.30 bits per heavy atom.